The van der Waals surface area contributed by atoms with Gasteiger partial charge in [0.25, 0.3) is 0 Å². The fourth-order valence-corrected chi connectivity index (χ4v) is 3.90. The van der Waals surface area contributed by atoms with E-state index < -0.39 is 29.8 Å². The Morgan fingerprint density at radius 1 is 1.63 bits per heavy atom. The lowest BCUT2D eigenvalue weighted by atomic mass is 10.1. The molecule has 0 aliphatic carbocycles. The van der Waals surface area contributed by atoms with Crippen LogP contribution in [0.1, 0.15) is 37.1 Å². The summed E-state index contributed by atoms with van der Waals surface area (Å²) in [7, 11) is 0. The molecule has 0 unspecified atom stereocenters. The average Bonchev–Trinajstić information content (AvgIpc) is 3.19. The van der Waals surface area contributed by atoms with Crippen LogP contribution in [0.25, 0.3) is 0 Å². The summed E-state index contributed by atoms with van der Waals surface area (Å²) in [6.45, 7) is 5.13. The first-order valence-electron chi connectivity index (χ1n) is 8.24. The van der Waals surface area contributed by atoms with E-state index in [0.29, 0.717) is 5.01 Å². The summed E-state index contributed by atoms with van der Waals surface area (Å²) in [6, 6.07) is 0.704. The topological polar surface area (TPSA) is 84.8 Å². The van der Waals surface area contributed by atoms with Crippen molar-refractivity contribution in [2.24, 2.45) is 0 Å². The van der Waals surface area contributed by atoms with Crippen molar-refractivity contribution < 1.29 is 23.8 Å². The number of rotatable bonds is 5. The van der Waals surface area contributed by atoms with E-state index in [9.17, 15) is 14.3 Å². The van der Waals surface area contributed by atoms with E-state index in [2.05, 4.69) is 9.97 Å². The highest BCUT2D eigenvalue weighted by atomic mass is 35.5. The third-order valence-corrected chi connectivity index (χ3v) is 5.46. The molecular formula is C17H19ClFN3O4S. The van der Waals surface area contributed by atoms with E-state index in [1.807, 2.05) is 0 Å². The van der Waals surface area contributed by atoms with Gasteiger partial charge in [-0.15, -0.1) is 11.3 Å². The van der Waals surface area contributed by atoms with Crippen molar-refractivity contribution >= 4 is 29.0 Å². The van der Waals surface area contributed by atoms with E-state index in [1.54, 1.807) is 25.4 Å². The van der Waals surface area contributed by atoms with Gasteiger partial charge >= 0.3 is 6.09 Å². The highest BCUT2D eigenvalue weighted by Gasteiger charge is 2.45. The van der Waals surface area contributed by atoms with Gasteiger partial charge in [-0.25, -0.2) is 19.2 Å². The summed E-state index contributed by atoms with van der Waals surface area (Å²) in [4.78, 5) is 21.3. The van der Waals surface area contributed by atoms with Crippen molar-refractivity contribution in [2.75, 3.05) is 6.61 Å². The molecule has 0 spiro atoms. The number of carbonyl (C=O) groups is 1. The number of hydrogen-bond acceptors (Lipinski definition) is 6. The third-order valence-electron chi connectivity index (χ3n) is 4.32. The largest absolute Gasteiger partial charge is 0.466 e. The molecule has 2 atom stereocenters. The van der Waals surface area contributed by atoms with Crippen LogP contribution in [0.3, 0.4) is 0 Å². The Bertz CT molecular complexity index is 834. The van der Waals surface area contributed by atoms with Crippen LogP contribution in [0.15, 0.2) is 17.6 Å². The summed E-state index contributed by atoms with van der Waals surface area (Å²) in [5, 5.41) is 12.1. The Morgan fingerprint density at radius 2 is 2.37 bits per heavy atom. The molecule has 0 radical (unpaired) electrons. The Balaban J connectivity index is 1.88. The molecule has 0 aromatic carbocycles. The van der Waals surface area contributed by atoms with E-state index in [0.717, 1.165) is 6.07 Å². The van der Waals surface area contributed by atoms with Crippen molar-refractivity contribution in [1.82, 2.24) is 14.9 Å². The van der Waals surface area contributed by atoms with Crippen molar-refractivity contribution in [3.05, 3.63) is 39.2 Å². The predicted octanol–water partition coefficient (Wildman–Crippen LogP) is 4.26. The highest BCUT2D eigenvalue weighted by Crippen LogP contribution is 2.36. The van der Waals surface area contributed by atoms with Gasteiger partial charge in [0.05, 0.1) is 18.3 Å². The molecule has 10 heteroatoms. The molecule has 1 amide bonds. The first-order valence-corrected chi connectivity index (χ1v) is 9.49. The van der Waals surface area contributed by atoms with Crippen molar-refractivity contribution in [3.63, 3.8) is 0 Å². The summed E-state index contributed by atoms with van der Waals surface area (Å²) in [6.07, 6.45) is 0.238. The minimum absolute atomic E-state index is 0.0396. The number of nitrogens with zero attached hydrogens (tertiary/aromatic N) is 3. The molecule has 3 rings (SSSR count). The highest BCUT2D eigenvalue weighted by molar-refractivity contribution is 7.09. The van der Waals surface area contributed by atoms with Crippen LogP contribution in [-0.4, -0.2) is 44.4 Å². The monoisotopic (exact) mass is 415 g/mol. The molecule has 1 saturated heterocycles. The number of halogens is 2. The molecular weight excluding hydrogens is 397 g/mol. The summed E-state index contributed by atoms with van der Waals surface area (Å²) >= 11 is 7.44. The van der Waals surface area contributed by atoms with E-state index in [4.69, 9.17) is 21.1 Å². The zero-order chi connectivity index (χ0) is 19.8. The van der Waals surface area contributed by atoms with Crippen molar-refractivity contribution in [1.29, 1.82) is 0 Å². The van der Waals surface area contributed by atoms with Crippen LogP contribution in [0.2, 0.25) is 5.02 Å². The van der Waals surface area contributed by atoms with Crippen LogP contribution in [0.5, 0.6) is 5.88 Å². The fourth-order valence-electron chi connectivity index (χ4n) is 3.04. The lowest BCUT2D eigenvalue weighted by molar-refractivity contribution is -0.0429. The van der Waals surface area contributed by atoms with Gasteiger partial charge in [-0.3, -0.25) is 4.90 Å². The number of hydrogen-bond donors (Lipinski definition) is 1. The Kier molecular flexibility index (Phi) is 5.55. The summed E-state index contributed by atoms with van der Waals surface area (Å²) in [5.41, 5.74) is -0.781. The Morgan fingerprint density at radius 3 is 3.00 bits per heavy atom. The molecule has 1 aliphatic rings. The lowest BCUT2D eigenvalue weighted by Gasteiger charge is -2.32. The third kappa shape index (κ3) is 4.15. The van der Waals surface area contributed by atoms with Crippen molar-refractivity contribution in [3.8, 4) is 5.88 Å². The van der Waals surface area contributed by atoms with Gasteiger partial charge in [0.1, 0.15) is 21.6 Å². The number of thiazole rings is 1. The average molecular weight is 416 g/mol. The minimum Gasteiger partial charge on any atom is -0.466 e. The van der Waals surface area contributed by atoms with Gasteiger partial charge in [0.15, 0.2) is 6.10 Å². The van der Waals surface area contributed by atoms with Crippen LogP contribution in [0.4, 0.5) is 9.18 Å². The molecule has 3 heterocycles. The van der Waals surface area contributed by atoms with Crippen LogP contribution in [0, 0.1) is 12.7 Å². The molecule has 0 bridgehead atoms. The Hall–Kier alpha value is -1.97. The molecule has 7 nitrogen and oxygen atoms in total. The standard InChI is InChI=1S/C17H19ClFN3O4S/c1-9-12(19)7-11(18)14(21-9)26-13(15-20-4-5-27-15)6-10-8-25-17(2,3)22(10)16(23)24/h4-5,7,10,13H,6,8H2,1-3H3,(H,23,24)/t10-,13+/m0/s1. The van der Waals surface area contributed by atoms with E-state index in [-0.39, 0.29) is 29.6 Å². The first-order chi connectivity index (χ1) is 12.7. The molecule has 2 aromatic rings. The normalized spacial score (nSPS) is 19.9. The predicted molar refractivity (Wildman–Crippen MR) is 97.7 cm³/mol. The second kappa shape index (κ2) is 7.57. The second-order valence-corrected chi connectivity index (χ2v) is 7.95. The van der Waals surface area contributed by atoms with Gasteiger partial charge in [0.2, 0.25) is 5.88 Å². The maximum atomic E-state index is 13.6. The number of ether oxygens (including phenoxy) is 2. The molecule has 1 aliphatic heterocycles. The van der Waals surface area contributed by atoms with Crippen LogP contribution >= 0.6 is 22.9 Å². The maximum Gasteiger partial charge on any atom is 0.409 e. The second-order valence-electron chi connectivity index (χ2n) is 6.62. The number of carboxylic acid groups (broad SMARTS) is 1. The zero-order valence-electron chi connectivity index (χ0n) is 15.0. The minimum atomic E-state index is -1.07. The van der Waals surface area contributed by atoms with Gasteiger partial charge in [0, 0.05) is 18.0 Å². The van der Waals surface area contributed by atoms with E-state index >= 15 is 0 Å². The SMILES string of the molecule is Cc1nc(O[C@H](C[C@H]2COC(C)(C)N2C(=O)O)c2nccs2)c(Cl)cc1F. The van der Waals surface area contributed by atoms with Gasteiger partial charge < -0.3 is 14.6 Å². The Labute approximate surface area is 164 Å². The van der Waals surface area contributed by atoms with Crippen LogP contribution in [-0.2, 0) is 4.74 Å². The molecule has 1 N–H and O–H groups in total. The molecule has 0 saturated carbocycles. The summed E-state index contributed by atoms with van der Waals surface area (Å²) in [5.74, 6) is -0.447. The number of aryl methyl sites for hydroxylation is 1. The van der Waals surface area contributed by atoms with Crippen LogP contribution < -0.4 is 4.74 Å². The van der Waals surface area contributed by atoms with Crippen molar-refractivity contribution in [2.45, 2.75) is 45.1 Å². The number of aromatic nitrogens is 2. The van der Waals surface area contributed by atoms with Gasteiger partial charge in [-0.2, -0.15) is 0 Å². The fraction of sp³-hybridized carbons (Fsp3) is 0.471. The van der Waals surface area contributed by atoms with E-state index in [1.165, 1.54) is 23.2 Å². The quantitative estimate of drug-likeness (QED) is 0.785. The van der Waals surface area contributed by atoms with Gasteiger partial charge in [-0.1, -0.05) is 11.6 Å². The van der Waals surface area contributed by atoms with Gasteiger partial charge in [-0.05, 0) is 26.8 Å². The zero-order valence-corrected chi connectivity index (χ0v) is 16.6. The molecule has 27 heavy (non-hydrogen) atoms. The number of amides is 1. The summed E-state index contributed by atoms with van der Waals surface area (Å²) < 4.78 is 25.2. The molecule has 1 fully saturated rings. The number of pyridine rings is 1. The molecule has 146 valence electrons. The maximum absolute atomic E-state index is 13.6. The smallest absolute Gasteiger partial charge is 0.409 e. The molecule has 2 aromatic heterocycles. The first kappa shape index (κ1) is 19.8. The lowest BCUT2D eigenvalue weighted by Crippen LogP contribution is -2.47.